The van der Waals surface area contributed by atoms with Gasteiger partial charge in [-0.1, -0.05) is 72.8 Å². The fraction of sp³-hybridized carbons (Fsp3) is 0.304. The van der Waals surface area contributed by atoms with E-state index in [1.807, 2.05) is 0 Å². The molecule has 2 atom stereocenters. The summed E-state index contributed by atoms with van der Waals surface area (Å²) >= 11 is 0. The maximum atomic E-state index is 10.6. The summed E-state index contributed by atoms with van der Waals surface area (Å²) < 4.78 is 0. The summed E-state index contributed by atoms with van der Waals surface area (Å²) in [5.41, 5.74) is 4.71. The fourth-order valence-electron chi connectivity index (χ4n) is 4.69. The maximum Gasteiger partial charge on any atom is 0.0505 e. The van der Waals surface area contributed by atoms with Gasteiger partial charge < -0.3 is 10.2 Å². The molecule has 0 radical (unpaired) electrons. The van der Waals surface area contributed by atoms with Gasteiger partial charge in [0.15, 0.2) is 0 Å². The molecule has 0 aromatic heterocycles. The van der Waals surface area contributed by atoms with Crippen LogP contribution in [0.5, 0.6) is 0 Å². The van der Waals surface area contributed by atoms with Crippen LogP contribution in [0.1, 0.15) is 46.9 Å². The van der Waals surface area contributed by atoms with Crippen LogP contribution in [0.15, 0.2) is 60.7 Å². The minimum atomic E-state index is -0.338. The molecule has 148 valence electrons. The van der Waals surface area contributed by atoms with Gasteiger partial charge in [-0.3, -0.25) is 0 Å². The summed E-state index contributed by atoms with van der Waals surface area (Å²) in [5.74, 6) is 0.308. The van der Waals surface area contributed by atoms with Gasteiger partial charge in [-0.05, 0) is 35.1 Å². The Balaban J connectivity index is 0.00000131. The molecule has 2 aromatic rings. The molecule has 0 fully saturated rings. The first kappa shape index (κ1) is 25.3. The molecule has 2 N–H and O–H groups in total. The molecule has 5 heteroatoms. The molecule has 28 heavy (non-hydrogen) atoms. The quantitative estimate of drug-likeness (QED) is 0.577. The van der Waals surface area contributed by atoms with Gasteiger partial charge in [-0.15, -0.1) is 24.8 Å². The van der Waals surface area contributed by atoms with E-state index >= 15 is 0 Å². The minimum absolute atomic E-state index is 0. The van der Waals surface area contributed by atoms with E-state index in [1.165, 1.54) is 22.3 Å². The largest absolute Gasteiger partial charge is 0.396 e. The number of fused-ring (bicyclic) bond motifs is 2. The molecule has 0 heterocycles. The van der Waals surface area contributed by atoms with Crippen LogP contribution >= 0.6 is 24.8 Å². The average molecular weight is 497 g/mol. The number of allylic oxidation sites excluding steroid dienone is 2. The number of rotatable bonds is 6. The van der Waals surface area contributed by atoms with Crippen molar-refractivity contribution in [2.45, 2.75) is 24.7 Å². The summed E-state index contributed by atoms with van der Waals surface area (Å²) in [5, 5.41) is 20.1. The van der Waals surface area contributed by atoms with Crippen LogP contribution in [0.2, 0.25) is 0 Å². The van der Waals surface area contributed by atoms with Crippen molar-refractivity contribution >= 4 is 37.0 Å². The zero-order valence-electron chi connectivity index (χ0n) is 15.6. The molecule has 0 spiro atoms. The van der Waals surface area contributed by atoms with Crippen molar-refractivity contribution in [1.29, 1.82) is 0 Å². The van der Waals surface area contributed by atoms with Gasteiger partial charge in [-0.25, -0.2) is 0 Å². The van der Waals surface area contributed by atoms with Crippen molar-refractivity contribution in [1.82, 2.24) is 0 Å². The molecular weight excluding hydrogens is 470 g/mol. The van der Waals surface area contributed by atoms with E-state index in [-0.39, 0.29) is 81.5 Å². The first-order valence-corrected chi connectivity index (χ1v) is 9.06. The third-order valence-electron chi connectivity index (χ3n) is 5.93. The molecular formula is C23H26Cl2O2Zr. The molecule has 0 amide bonds. The van der Waals surface area contributed by atoms with Crippen molar-refractivity contribution in [3.05, 3.63) is 82.9 Å². The zero-order valence-corrected chi connectivity index (χ0v) is 19.7. The van der Waals surface area contributed by atoms with Gasteiger partial charge in [0.05, 0.1) is 6.61 Å². The first-order valence-electron chi connectivity index (χ1n) is 9.06. The van der Waals surface area contributed by atoms with Crippen LogP contribution in [-0.2, 0) is 26.2 Å². The van der Waals surface area contributed by atoms with E-state index in [4.69, 9.17) is 0 Å². The summed E-state index contributed by atoms with van der Waals surface area (Å²) in [6.07, 6.45) is 10.3. The topological polar surface area (TPSA) is 40.5 Å². The summed E-state index contributed by atoms with van der Waals surface area (Å²) in [6, 6.07) is 16.9. The number of benzene rings is 2. The average Bonchev–Trinajstić information content (AvgIpc) is 3.28. The van der Waals surface area contributed by atoms with E-state index in [2.05, 4.69) is 72.8 Å². The Bertz CT molecular complexity index is 773. The van der Waals surface area contributed by atoms with Crippen LogP contribution < -0.4 is 0 Å². The van der Waals surface area contributed by atoms with E-state index < -0.39 is 0 Å². The van der Waals surface area contributed by atoms with E-state index in [1.54, 1.807) is 0 Å². The van der Waals surface area contributed by atoms with Crippen molar-refractivity contribution in [3.63, 3.8) is 0 Å². The van der Waals surface area contributed by atoms with Crippen molar-refractivity contribution in [2.24, 2.45) is 5.41 Å². The number of halogens is 2. The third-order valence-corrected chi connectivity index (χ3v) is 5.93. The first-order chi connectivity index (χ1) is 12.3. The van der Waals surface area contributed by atoms with Crippen LogP contribution in [0.3, 0.4) is 0 Å². The van der Waals surface area contributed by atoms with E-state index in [0.29, 0.717) is 6.42 Å². The number of hydrogen-bond donors (Lipinski definition) is 2. The second kappa shape index (κ2) is 10.9. The van der Waals surface area contributed by atoms with Crippen LogP contribution in [0.4, 0.5) is 0 Å². The zero-order chi connectivity index (χ0) is 17.3. The molecule has 0 bridgehead atoms. The summed E-state index contributed by atoms with van der Waals surface area (Å²) in [4.78, 5) is 0. The monoisotopic (exact) mass is 494 g/mol. The van der Waals surface area contributed by atoms with Gasteiger partial charge in [0.1, 0.15) is 0 Å². The Hall–Kier alpha value is -0.697. The number of aliphatic hydroxyl groups is 2. The molecule has 2 aliphatic carbocycles. The SMILES string of the molecule is Cl.Cl.OCCCC(CO)(C1C=Cc2ccccc21)C1C=Cc2ccccc21.[Zr]. The van der Waals surface area contributed by atoms with Crippen molar-refractivity contribution < 1.29 is 36.4 Å². The standard InChI is InChI=1S/C23H24O2.2ClH.Zr/c24-15-5-14-23(16-25,21-12-10-17-6-1-3-8-19(17)21)22-13-11-18-7-2-4-9-20(18)22;;;/h1-4,6-13,21-22,24-25H,5,14-16H2;2*1H;. The van der Waals surface area contributed by atoms with Crippen molar-refractivity contribution in [2.75, 3.05) is 13.2 Å². The minimum Gasteiger partial charge on any atom is -0.396 e. The second-order valence-corrected chi connectivity index (χ2v) is 7.15. The number of aliphatic hydroxyl groups excluding tert-OH is 2. The van der Waals surface area contributed by atoms with Gasteiger partial charge >= 0.3 is 0 Å². The Morgan fingerprint density at radius 2 is 1.21 bits per heavy atom. The third kappa shape index (κ3) is 4.25. The fourth-order valence-corrected chi connectivity index (χ4v) is 4.69. The normalized spacial score (nSPS) is 20.2. The molecule has 2 aromatic carbocycles. The Morgan fingerprint density at radius 3 is 1.64 bits per heavy atom. The van der Waals surface area contributed by atoms with Gasteiger partial charge in [0.2, 0.25) is 0 Å². The molecule has 0 aliphatic heterocycles. The van der Waals surface area contributed by atoms with Crippen molar-refractivity contribution in [3.8, 4) is 0 Å². The smallest absolute Gasteiger partial charge is 0.0505 e. The van der Waals surface area contributed by atoms with Gasteiger partial charge in [0.25, 0.3) is 0 Å². The van der Waals surface area contributed by atoms with Crippen LogP contribution in [-0.4, -0.2) is 23.4 Å². The molecule has 4 rings (SSSR count). The van der Waals surface area contributed by atoms with E-state index in [9.17, 15) is 10.2 Å². The molecule has 0 saturated heterocycles. The molecule has 2 aliphatic rings. The Kier molecular flexibility index (Phi) is 9.87. The Labute approximate surface area is 198 Å². The molecule has 0 saturated carbocycles. The van der Waals surface area contributed by atoms with E-state index in [0.717, 1.165) is 6.42 Å². The number of hydrogen-bond acceptors (Lipinski definition) is 2. The second-order valence-electron chi connectivity index (χ2n) is 7.15. The summed E-state index contributed by atoms with van der Waals surface area (Å²) in [7, 11) is 0. The van der Waals surface area contributed by atoms with Gasteiger partial charge in [0, 0.05) is 50.1 Å². The Morgan fingerprint density at radius 1 is 0.750 bits per heavy atom. The van der Waals surface area contributed by atoms with Crippen LogP contribution in [0.25, 0.3) is 12.2 Å². The predicted octanol–water partition coefficient (Wildman–Crippen LogP) is 5.20. The van der Waals surface area contributed by atoms with Gasteiger partial charge in [-0.2, -0.15) is 0 Å². The predicted molar refractivity (Wildman–Crippen MR) is 117 cm³/mol. The van der Waals surface area contributed by atoms with Crippen LogP contribution in [0, 0.1) is 5.41 Å². The molecule has 2 unspecified atom stereocenters. The maximum absolute atomic E-state index is 10.6. The summed E-state index contributed by atoms with van der Waals surface area (Å²) in [6.45, 7) is 0.248. The molecule has 2 nitrogen and oxygen atoms in total.